The van der Waals surface area contributed by atoms with Gasteiger partial charge in [0.15, 0.2) is 5.13 Å². The Labute approximate surface area is 111 Å². The summed E-state index contributed by atoms with van der Waals surface area (Å²) in [6.45, 7) is 4.45. The number of anilines is 1. The number of nitrogens with zero attached hydrogens (tertiary/aromatic N) is 3. The van der Waals surface area contributed by atoms with E-state index in [0.29, 0.717) is 6.54 Å². The van der Waals surface area contributed by atoms with E-state index in [1.165, 1.54) is 11.3 Å². The van der Waals surface area contributed by atoms with Crippen molar-refractivity contribution in [2.75, 3.05) is 11.9 Å². The van der Waals surface area contributed by atoms with Gasteiger partial charge in [-0.1, -0.05) is 17.4 Å². The fourth-order valence-electron chi connectivity index (χ4n) is 1.64. The molecule has 0 aromatic carbocycles. The summed E-state index contributed by atoms with van der Waals surface area (Å²) >= 11 is 1.51. The third kappa shape index (κ3) is 3.05. The lowest BCUT2D eigenvalue weighted by molar-refractivity contribution is 0.203. The predicted octanol–water partition coefficient (Wildman–Crippen LogP) is 2.54. The molecule has 0 aliphatic carbocycles. The molecule has 1 atom stereocenters. The van der Waals surface area contributed by atoms with E-state index in [4.69, 9.17) is 0 Å². The van der Waals surface area contributed by atoms with Crippen molar-refractivity contribution in [1.29, 1.82) is 0 Å². The Morgan fingerprint density at radius 1 is 1.44 bits per heavy atom. The monoisotopic (exact) mass is 263 g/mol. The van der Waals surface area contributed by atoms with E-state index in [9.17, 15) is 5.11 Å². The van der Waals surface area contributed by atoms with Gasteiger partial charge in [-0.3, -0.25) is 4.98 Å². The molecule has 5 heteroatoms. The Morgan fingerprint density at radius 3 is 2.83 bits per heavy atom. The van der Waals surface area contributed by atoms with Crippen molar-refractivity contribution in [1.82, 2.24) is 9.97 Å². The molecule has 2 aromatic heterocycles. The average Bonchev–Trinajstić information content (AvgIpc) is 2.78. The second-order valence-electron chi connectivity index (χ2n) is 4.35. The Balaban J connectivity index is 2.09. The summed E-state index contributed by atoms with van der Waals surface area (Å²) in [7, 11) is 1.98. The Kier molecular flexibility index (Phi) is 3.93. The molecule has 1 unspecified atom stereocenters. The molecule has 0 aliphatic heterocycles. The first-order valence-electron chi connectivity index (χ1n) is 5.83. The standard InChI is InChI=1S/C13H17N3OS/c1-9-5-4-6-11(15-9)8-16(3)13-14-7-12(18-13)10(2)17/h4-7,10,17H,8H2,1-3H3. The van der Waals surface area contributed by atoms with Crippen LogP contribution in [-0.2, 0) is 6.54 Å². The van der Waals surface area contributed by atoms with Crippen LogP contribution < -0.4 is 4.90 Å². The molecule has 2 heterocycles. The zero-order valence-electron chi connectivity index (χ0n) is 10.8. The normalized spacial score (nSPS) is 12.4. The summed E-state index contributed by atoms with van der Waals surface area (Å²) in [6.07, 6.45) is 1.27. The van der Waals surface area contributed by atoms with Crippen LogP contribution in [0.15, 0.2) is 24.4 Å². The highest BCUT2D eigenvalue weighted by Gasteiger charge is 2.11. The fraction of sp³-hybridized carbons (Fsp3) is 0.385. The van der Waals surface area contributed by atoms with E-state index in [2.05, 4.69) is 9.97 Å². The Hall–Kier alpha value is -1.46. The van der Waals surface area contributed by atoms with E-state index >= 15 is 0 Å². The Morgan fingerprint density at radius 2 is 2.22 bits per heavy atom. The van der Waals surface area contributed by atoms with Gasteiger partial charge in [0.25, 0.3) is 0 Å². The van der Waals surface area contributed by atoms with Crippen LogP contribution in [0.3, 0.4) is 0 Å². The maximum absolute atomic E-state index is 9.48. The maximum atomic E-state index is 9.48. The molecule has 0 bridgehead atoms. The molecular formula is C13H17N3OS. The zero-order chi connectivity index (χ0) is 13.1. The first-order chi connectivity index (χ1) is 8.56. The lowest BCUT2D eigenvalue weighted by atomic mass is 10.3. The summed E-state index contributed by atoms with van der Waals surface area (Å²) in [6, 6.07) is 6.00. The molecule has 2 rings (SSSR count). The molecule has 0 radical (unpaired) electrons. The van der Waals surface area contributed by atoms with Gasteiger partial charge in [-0.15, -0.1) is 0 Å². The van der Waals surface area contributed by atoms with E-state index in [1.807, 2.05) is 37.1 Å². The molecule has 0 saturated carbocycles. The molecule has 4 nitrogen and oxygen atoms in total. The van der Waals surface area contributed by atoms with Gasteiger partial charge in [0, 0.05) is 18.9 Å². The van der Waals surface area contributed by atoms with Gasteiger partial charge in [0.1, 0.15) is 0 Å². The SMILES string of the molecule is Cc1cccc(CN(C)c2ncc(C(C)O)s2)n1. The summed E-state index contributed by atoms with van der Waals surface area (Å²) < 4.78 is 0. The highest BCUT2D eigenvalue weighted by atomic mass is 32.1. The van der Waals surface area contributed by atoms with E-state index in [0.717, 1.165) is 21.4 Å². The Bertz CT molecular complexity index is 524. The summed E-state index contributed by atoms with van der Waals surface area (Å²) in [5.74, 6) is 0. The number of aryl methyl sites for hydroxylation is 1. The molecule has 1 N–H and O–H groups in total. The van der Waals surface area contributed by atoms with Crippen LogP contribution in [0.2, 0.25) is 0 Å². The van der Waals surface area contributed by atoms with E-state index in [-0.39, 0.29) is 0 Å². The van der Waals surface area contributed by atoms with Crippen LogP contribution in [-0.4, -0.2) is 22.1 Å². The van der Waals surface area contributed by atoms with Crippen LogP contribution >= 0.6 is 11.3 Å². The second-order valence-corrected chi connectivity index (χ2v) is 5.39. The smallest absolute Gasteiger partial charge is 0.185 e. The number of thiazole rings is 1. The topological polar surface area (TPSA) is 49.2 Å². The van der Waals surface area contributed by atoms with Gasteiger partial charge < -0.3 is 10.0 Å². The minimum absolute atomic E-state index is 0.457. The van der Waals surface area contributed by atoms with Crippen molar-refractivity contribution in [2.45, 2.75) is 26.5 Å². The van der Waals surface area contributed by atoms with Crippen LogP contribution in [0.25, 0.3) is 0 Å². The highest BCUT2D eigenvalue weighted by Crippen LogP contribution is 2.26. The van der Waals surface area contributed by atoms with Crippen molar-refractivity contribution >= 4 is 16.5 Å². The lowest BCUT2D eigenvalue weighted by Crippen LogP contribution is -2.17. The fourth-order valence-corrected chi connectivity index (χ4v) is 2.46. The molecule has 96 valence electrons. The molecule has 0 spiro atoms. The van der Waals surface area contributed by atoms with E-state index < -0.39 is 6.10 Å². The molecule has 0 saturated heterocycles. The lowest BCUT2D eigenvalue weighted by Gasteiger charge is -2.15. The number of hydrogen-bond acceptors (Lipinski definition) is 5. The number of aromatic nitrogens is 2. The quantitative estimate of drug-likeness (QED) is 0.921. The first kappa shape index (κ1) is 13.0. The van der Waals surface area contributed by atoms with Crippen molar-refractivity contribution in [3.63, 3.8) is 0 Å². The summed E-state index contributed by atoms with van der Waals surface area (Å²) in [4.78, 5) is 11.7. The summed E-state index contributed by atoms with van der Waals surface area (Å²) in [5, 5.41) is 10.4. The van der Waals surface area contributed by atoms with Crippen molar-refractivity contribution in [3.05, 3.63) is 40.7 Å². The van der Waals surface area contributed by atoms with Crippen LogP contribution in [0.1, 0.15) is 29.3 Å². The van der Waals surface area contributed by atoms with Gasteiger partial charge in [0.2, 0.25) is 0 Å². The molecule has 2 aromatic rings. The largest absolute Gasteiger partial charge is 0.388 e. The van der Waals surface area contributed by atoms with Gasteiger partial charge in [0.05, 0.1) is 23.2 Å². The number of rotatable bonds is 4. The predicted molar refractivity (Wildman–Crippen MR) is 73.8 cm³/mol. The molecular weight excluding hydrogens is 246 g/mol. The third-order valence-corrected chi connectivity index (χ3v) is 3.88. The molecule has 0 aliphatic rings. The highest BCUT2D eigenvalue weighted by molar-refractivity contribution is 7.15. The first-order valence-corrected chi connectivity index (χ1v) is 6.65. The summed E-state index contributed by atoms with van der Waals surface area (Å²) in [5.41, 5.74) is 2.04. The van der Waals surface area contributed by atoms with Crippen molar-refractivity contribution in [3.8, 4) is 0 Å². The molecule has 0 amide bonds. The number of hydrogen-bond donors (Lipinski definition) is 1. The maximum Gasteiger partial charge on any atom is 0.185 e. The van der Waals surface area contributed by atoms with Crippen LogP contribution in [0.5, 0.6) is 0 Å². The minimum Gasteiger partial charge on any atom is -0.388 e. The van der Waals surface area contributed by atoms with Crippen molar-refractivity contribution in [2.24, 2.45) is 0 Å². The number of pyridine rings is 1. The van der Waals surface area contributed by atoms with Gasteiger partial charge >= 0.3 is 0 Å². The average molecular weight is 263 g/mol. The third-order valence-electron chi connectivity index (χ3n) is 2.59. The zero-order valence-corrected chi connectivity index (χ0v) is 11.6. The van der Waals surface area contributed by atoms with Crippen molar-refractivity contribution < 1.29 is 5.11 Å². The van der Waals surface area contributed by atoms with Gasteiger partial charge in [-0.05, 0) is 26.0 Å². The minimum atomic E-state index is -0.457. The number of aliphatic hydroxyl groups is 1. The van der Waals surface area contributed by atoms with Crippen LogP contribution in [0, 0.1) is 6.92 Å². The molecule has 18 heavy (non-hydrogen) atoms. The van der Waals surface area contributed by atoms with Gasteiger partial charge in [-0.2, -0.15) is 0 Å². The molecule has 0 fully saturated rings. The number of aliphatic hydroxyl groups excluding tert-OH is 1. The van der Waals surface area contributed by atoms with Gasteiger partial charge in [-0.25, -0.2) is 4.98 Å². The van der Waals surface area contributed by atoms with Crippen LogP contribution in [0.4, 0.5) is 5.13 Å². The second kappa shape index (κ2) is 5.46. The van der Waals surface area contributed by atoms with E-state index in [1.54, 1.807) is 13.1 Å².